The van der Waals surface area contributed by atoms with E-state index in [0.717, 1.165) is 28.9 Å². The van der Waals surface area contributed by atoms with Crippen LogP contribution in [0.4, 0.5) is 5.13 Å². The zero-order valence-corrected chi connectivity index (χ0v) is 12.6. The molecule has 1 aliphatic heterocycles. The molecule has 1 aliphatic rings. The fourth-order valence-electron chi connectivity index (χ4n) is 1.90. The first-order chi connectivity index (χ1) is 8.61. The van der Waals surface area contributed by atoms with Crippen molar-refractivity contribution in [3.8, 4) is 0 Å². The monoisotopic (exact) mass is 286 g/mol. The summed E-state index contributed by atoms with van der Waals surface area (Å²) in [6.07, 6.45) is 0. The SMILES string of the molecule is CCOC(=O)c1nc(N2CCSC(C)C2)sc1C. The van der Waals surface area contributed by atoms with Gasteiger partial charge in [0.15, 0.2) is 10.8 Å². The van der Waals surface area contributed by atoms with Gasteiger partial charge in [-0.1, -0.05) is 6.92 Å². The topological polar surface area (TPSA) is 42.4 Å². The van der Waals surface area contributed by atoms with Gasteiger partial charge in [-0.2, -0.15) is 11.8 Å². The van der Waals surface area contributed by atoms with Crippen molar-refractivity contribution in [3.63, 3.8) is 0 Å². The molecule has 2 rings (SSSR count). The molecule has 0 aliphatic carbocycles. The number of thiazole rings is 1. The molecule has 6 heteroatoms. The molecule has 1 fully saturated rings. The number of aromatic nitrogens is 1. The third-order valence-corrected chi connectivity index (χ3v) is 4.93. The lowest BCUT2D eigenvalue weighted by molar-refractivity contribution is 0.0519. The van der Waals surface area contributed by atoms with Crippen molar-refractivity contribution in [2.75, 3.05) is 30.3 Å². The van der Waals surface area contributed by atoms with Gasteiger partial charge in [-0.15, -0.1) is 11.3 Å². The largest absolute Gasteiger partial charge is 0.461 e. The Morgan fingerprint density at radius 1 is 1.61 bits per heavy atom. The maximum atomic E-state index is 11.7. The van der Waals surface area contributed by atoms with Gasteiger partial charge in [0.25, 0.3) is 0 Å². The molecule has 18 heavy (non-hydrogen) atoms. The van der Waals surface area contributed by atoms with Crippen LogP contribution in [0.2, 0.25) is 0 Å². The molecule has 0 saturated carbocycles. The standard InChI is InChI=1S/C12H18N2O2S2/c1-4-16-11(15)10-9(3)18-12(13-10)14-5-6-17-8(2)7-14/h8H,4-7H2,1-3H3. The minimum absolute atomic E-state index is 0.308. The second-order valence-electron chi connectivity index (χ2n) is 4.25. The van der Waals surface area contributed by atoms with Crippen LogP contribution in [0.25, 0.3) is 0 Å². The van der Waals surface area contributed by atoms with Crippen molar-refractivity contribution in [2.45, 2.75) is 26.0 Å². The molecule has 4 nitrogen and oxygen atoms in total. The van der Waals surface area contributed by atoms with E-state index in [9.17, 15) is 4.79 Å². The number of anilines is 1. The summed E-state index contributed by atoms with van der Waals surface area (Å²) in [5.74, 6) is 0.811. The minimum atomic E-state index is -0.308. The molecule has 0 amide bonds. The van der Waals surface area contributed by atoms with Crippen LogP contribution in [0.1, 0.15) is 29.2 Å². The smallest absolute Gasteiger partial charge is 0.358 e. The number of rotatable bonds is 3. The maximum Gasteiger partial charge on any atom is 0.358 e. The Morgan fingerprint density at radius 3 is 3.06 bits per heavy atom. The van der Waals surface area contributed by atoms with E-state index in [2.05, 4.69) is 16.8 Å². The average Bonchev–Trinajstić information content (AvgIpc) is 2.72. The molecule has 0 N–H and O–H groups in total. The van der Waals surface area contributed by atoms with Gasteiger partial charge in [0, 0.05) is 29.0 Å². The van der Waals surface area contributed by atoms with Gasteiger partial charge >= 0.3 is 5.97 Å². The molecule has 1 aromatic rings. The van der Waals surface area contributed by atoms with Crippen molar-refractivity contribution in [2.24, 2.45) is 0 Å². The lowest BCUT2D eigenvalue weighted by Gasteiger charge is -2.30. The number of hydrogen-bond acceptors (Lipinski definition) is 6. The summed E-state index contributed by atoms with van der Waals surface area (Å²) in [4.78, 5) is 19.4. The van der Waals surface area contributed by atoms with Crippen LogP contribution in [-0.4, -0.2) is 41.7 Å². The molecule has 0 spiro atoms. The summed E-state index contributed by atoms with van der Waals surface area (Å²) in [6, 6.07) is 0. The van der Waals surface area contributed by atoms with Crippen LogP contribution in [0, 0.1) is 6.92 Å². The highest BCUT2D eigenvalue weighted by Gasteiger charge is 2.23. The van der Waals surface area contributed by atoms with Gasteiger partial charge in [-0.25, -0.2) is 9.78 Å². The van der Waals surface area contributed by atoms with E-state index in [1.165, 1.54) is 0 Å². The van der Waals surface area contributed by atoms with Crippen molar-refractivity contribution >= 4 is 34.2 Å². The molecule has 1 atom stereocenters. The summed E-state index contributed by atoms with van der Waals surface area (Å²) in [6.45, 7) is 8.36. The number of thioether (sulfide) groups is 1. The molecule has 1 unspecified atom stereocenters. The van der Waals surface area contributed by atoms with Gasteiger partial charge < -0.3 is 9.64 Å². The zero-order valence-electron chi connectivity index (χ0n) is 10.9. The maximum absolute atomic E-state index is 11.7. The van der Waals surface area contributed by atoms with Gasteiger partial charge in [0.1, 0.15) is 0 Å². The first-order valence-electron chi connectivity index (χ1n) is 6.13. The van der Waals surface area contributed by atoms with Crippen LogP contribution in [-0.2, 0) is 4.74 Å². The van der Waals surface area contributed by atoms with E-state index >= 15 is 0 Å². The summed E-state index contributed by atoms with van der Waals surface area (Å²) in [5.41, 5.74) is 0.475. The molecule has 1 saturated heterocycles. The number of nitrogens with zero attached hydrogens (tertiary/aromatic N) is 2. The Hall–Kier alpha value is -0.750. The van der Waals surface area contributed by atoms with E-state index < -0.39 is 0 Å². The normalized spacial score (nSPS) is 19.9. The van der Waals surface area contributed by atoms with Crippen LogP contribution < -0.4 is 4.90 Å². The van der Waals surface area contributed by atoms with Crippen LogP contribution in [0.5, 0.6) is 0 Å². The van der Waals surface area contributed by atoms with E-state index in [1.807, 2.05) is 25.6 Å². The van der Waals surface area contributed by atoms with Crippen molar-refractivity contribution < 1.29 is 9.53 Å². The first-order valence-corrected chi connectivity index (χ1v) is 7.99. The summed E-state index contributed by atoms with van der Waals surface area (Å²) >= 11 is 3.57. The minimum Gasteiger partial charge on any atom is -0.461 e. The molecule has 0 aromatic carbocycles. The van der Waals surface area contributed by atoms with Crippen LogP contribution in [0.3, 0.4) is 0 Å². The number of carbonyl (C=O) groups excluding carboxylic acids is 1. The predicted octanol–water partition coefficient (Wildman–Crippen LogP) is 2.57. The molecular formula is C12H18N2O2S2. The molecular weight excluding hydrogens is 268 g/mol. The number of esters is 1. The molecule has 100 valence electrons. The molecule has 1 aromatic heterocycles. The third-order valence-electron chi connectivity index (χ3n) is 2.77. The second kappa shape index (κ2) is 5.93. The van der Waals surface area contributed by atoms with Crippen molar-refractivity contribution in [1.29, 1.82) is 0 Å². The van der Waals surface area contributed by atoms with Gasteiger partial charge in [-0.05, 0) is 13.8 Å². The van der Waals surface area contributed by atoms with E-state index in [4.69, 9.17) is 4.74 Å². The van der Waals surface area contributed by atoms with Crippen molar-refractivity contribution in [1.82, 2.24) is 4.98 Å². The summed E-state index contributed by atoms with van der Waals surface area (Å²) in [5, 5.41) is 1.57. The molecule has 0 bridgehead atoms. The fourth-order valence-corrected chi connectivity index (χ4v) is 3.84. The molecule has 2 heterocycles. The highest BCUT2D eigenvalue weighted by molar-refractivity contribution is 8.00. The highest BCUT2D eigenvalue weighted by Crippen LogP contribution is 2.29. The van der Waals surface area contributed by atoms with E-state index in [-0.39, 0.29) is 5.97 Å². The number of carbonyl (C=O) groups is 1. The Bertz CT molecular complexity index is 434. The van der Waals surface area contributed by atoms with Gasteiger partial charge in [-0.3, -0.25) is 0 Å². The number of aryl methyl sites for hydroxylation is 1. The summed E-state index contributed by atoms with van der Waals surface area (Å²) < 4.78 is 5.01. The van der Waals surface area contributed by atoms with E-state index in [0.29, 0.717) is 17.6 Å². The predicted molar refractivity (Wildman–Crippen MR) is 76.9 cm³/mol. The number of hydrogen-bond donors (Lipinski definition) is 0. The quantitative estimate of drug-likeness (QED) is 0.799. The Balaban J connectivity index is 2.15. The third kappa shape index (κ3) is 2.98. The fraction of sp³-hybridized carbons (Fsp3) is 0.667. The second-order valence-corrected chi connectivity index (χ2v) is 6.98. The zero-order chi connectivity index (χ0) is 13.1. The van der Waals surface area contributed by atoms with Gasteiger partial charge in [0.05, 0.1) is 6.61 Å². The number of ether oxygens (including phenoxy) is 1. The Labute approximate surface area is 116 Å². The van der Waals surface area contributed by atoms with Crippen LogP contribution >= 0.6 is 23.1 Å². The lowest BCUT2D eigenvalue weighted by Crippen LogP contribution is -2.36. The Kier molecular flexibility index (Phi) is 4.50. The lowest BCUT2D eigenvalue weighted by atomic mass is 10.4. The van der Waals surface area contributed by atoms with Crippen molar-refractivity contribution in [3.05, 3.63) is 10.6 Å². The summed E-state index contributed by atoms with van der Waals surface area (Å²) in [7, 11) is 0. The first kappa shape index (κ1) is 13.7. The molecule has 0 radical (unpaired) electrons. The van der Waals surface area contributed by atoms with Gasteiger partial charge in [0.2, 0.25) is 0 Å². The Morgan fingerprint density at radius 2 is 2.39 bits per heavy atom. The average molecular weight is 286 g/mol. The highest BCUT2D eigenvalue weighted by atomic mass is 32.2. The van der Waals surface area contributed by atoms with Crippen LogP contribution in [0.15, 0.2) is 0 Å². The van der Waals surface area contributed by atoms with E-state index in [1.54, 1.807) is 11.3 Å².